The summed E-state index contributed by atoms with van der Waals surface area (Å²) >= 11 is 0. The van der Waals surface area contributed by atoms with Crippen molar-refractivity contribution in [3.8, 4) is 5.75 Å². The zero-order chi connectivity index (χ0) is 36.6. The number of carbonyl (C=O) groups excluding carboxylic acids is 3. The topological polar surface area (TPSA) is 99.6 Å². The summed E-state index contributed by atoms with van der Waals surface area (Å²) in [5.74, 6) is 0.440. The highest BCUT2D eigenvalue weighted by Gasteiger charge is 2.66. The van der Waals surface area contributed by atoms with Gasteiger partial charge in [-0.05, 0) is 67.1 Å². The smallest absolute Gasteiger partial charge is 0.264 e. The van der Waals surface area contributed by atoms with Gasteiger partial charge in [0.15, 0.2) is 5.60 Å². The molecular weight excluding hydrogens is 671 g/mol. The van der Waals surface area contributed by atoms with Crippen LogP contribution in [0.1, 0.15) is 69.4 Å². The summed E-state index contributed by atoms with van der Waals surface area (Å²) in [5, 5.41) is 11.3. The Morgan fingerprint density at radius 2 is 1.71 bits per heavy atom. The van der Waals surface area contributed by atoms with Crippen LogP contribution in [0.25, 0.3) is 0 Å². The second kappa shape index (κ2) is 14.8. The zero-order valence-electron chi connectivity index (χ0n) is 31.1. The molecule has 4 aliphatic rings. The molecule has 4 aliphatic heterocycles. The quantitative estimate of drug-likeness (QED) is 0.267. The molecule has 9 nitrogen and oxygen atoms in total. The number of ether oxygens (including phenoxy) is 2. The number of amides is 3. The Morgan fingerprint density at radius 1 is 0.962 bits per heavy atom. The summed E-state index contributed by atoms with van der Waals surface area (Å²) in [6.07, 6.45) is 5.69. The molecule has 5 atom stereocenters. The van der Waals surface area contributed by atoms with Gasteiger partial charge in [-0.1, -0.05) is 80.5 Å². The second-order valence-corrected chi connectivity index (χ2v) is 20.4. The number of anilines is 2. The summed E-state index contributed by atoms with van der Waals surface area (Å²) in [6.45, 7) is 8.35. The minimum Gasteiger partial charge on any atom is -0.497 e. The number of hydrogen-bond donors (Lipinski definition) is 1. The van der Waals surface area contributed by atoms with Gasteiger partial charge >= 0.3 is 0 Å². The van der Waals surface area contributed by atoms with Crippen molar-refractivity contribution in [2.75, 3.05) is 36.6 Å². The Balaban J connectivity index is 1.35. The maximum Gasteiger partial charge on any atom is 0.264 e. The highest BCUT2D eigenvalue weighted by molar-refractivity contribution is 6.91. The van der Waals surface area contributed by atoms with Crippen molar-refractivity contribution in [1.82, 2.24) is 4.90 Å². The van der Waals surface area contributed by atoms with Gasteiger partial charge in [-0.3, -0.25) is 14.4 Å². The van der Waals surface area contributed by atoms with Gasteiger partial charge in [0.1, 0.15) is 5.75 Å². The molecule has 3 saturated heterocycles. The van der Waals surface area contributed by atoms with E-state index in [0.29, 0.717) is 26.1 Å². The Labute approximate surface area is 308 Å². The lowest BCUT2D eigenvalue weighted by Crippen LogP contribution is -2.52. The number of carbonyl (C=O) groups is 3. The molecular formula is C42H53N3O6Si. The number of methoxy groups -OCH3 is 1. The van der Waals surface area contributed by atoms with Gasteiger partial charge in [-0.25, -0.2) is 0 Å². The summed E-state index contributed by atoms with van der Waals surface area (Å²) in [7, 11) is -0.826. The van der Waals surface area contributed by atoms with E-state index in [1.54, 1.807) is 7.11 Å². The molecule has 3 aromatic carbocycles. The van der Waals surface area contributed by atoms with Gasteiger partial charge in [-0.2, -0.15) is 0 Å². The lowest BCUT2D eigenvalue weighted by atomic mass is 9.82. The normalized spacial score (nSPS) is 26.5. The highest BCUT2D eigenvalue weighted by Crippen LogP contribution is 2.60. The molecule has 3 fully saturated rings. The second-order valence-electron chi connectivity index (χ2n) is 15.7. The van der Waals surface area contributed by atoms with Crippen LogP contribution in [0.4, 0.5) is 11.4 Å². The van der Waals surface area contributed by atoms with E-state index in [-0.39, 0.29) is 48.3 Å². The summed E-state index contributed by atoms with van der Waals surface area (Å²) < 4.78 is 12.8. The predicted molar refractivity (Wildman–Crippen MR) is 206 cm³/mol. The van der Waals surface area contributed by atoms with Gasteiger partial charge < -0.3 is 29.3 Å². The van der Waals surface area contributed by atoms with E-state index >= 15 is 4.79 Å². The molecule has 3 amide bonds. The number of nitrogens with zero attached hydrogens (tertiary/aromatic N) is 3. The van der Waals surface area contributed by atoms with Crippen LogP contribution < -0.4 is 19.7 Å². The van der Waals surface area contributed by atoms with Crippen LogP contribution in [0.5, 0.6) is 5.75 Å². The number of likely N-dealkylation sites (tertiary alicyclic amines) is 1. The van der Waals surface area contributed by atoms with Crippen LogP contribution in [-0.2, 0) is 31.3 Å². The van der Waals surface area contributed by atoms with E-state index in [1.165, 1.54) is 5.19 Å². The van der Waals surface area contributed by atoms with E-state index in [0.717, 1.165) is 66.8 Å². The maximum absolute atomic E-state index is 15.3. The van der Waals surface area contributed by atoms with Crippen LogP contribution in [0.2, 0.25) is 18.6 Å². The molecule has 1 spiro atoms. The average molecular weight is 724 g/mol. The lowest BCUT2D eigenvalue weighted by molar-refractivity contribution is -0.150. The van der Waals surface area contributed by atoms with Gasteiger partial charge in [0.25, 0.3) is 5.91 Å². The molecule has 7 rings (SSSR count). The molecule has 4 heterocycles. The van der Waals surface area contributed by atoms with Crippen molar-refractivity contribution in [2.24, 2.45) is 5.92 Å². The lowest BCUT2D eigenvalue weighted by Gasteiger charge is -2.37. The fourth-order valence-electron chi connectivity index (χ4n) is 9.67. The summed E-state index contributed by atoms with van der Waals surface area (Å²) in [4.78, 5) is 48.6. The minimum atomic E-state index is -2.49. The third kappa shape index (κ3) is 6.36. The number of aliphatic hydroxyl groups excluding tert-OH is 1. The molecule has 0 bridgehead atoms. The van der Waals surface area contributed by atoms with E-state index < -0.39 is 19.8 Å². The highest BCUT2D eigenvalue weighted by atomic mass is 28.3. The number of aliphatic hydroxyl groups is 1. The number of benzene rings is 3. The van der Waals surface area contributed by atoms with E-state index in [1.807, 2.05) is 75.4 Å². The number of rotatable bonds is 9. The first-order valence-corrected chi connectivity index (χ1v) is 22.2. The Morgan fingerprint density at radius 3 is 2.44 bits per heavy atom. The SMILES string of the molecule is COc1ccc([Si](C)(C)[C@@H]2[C@@H](CC(=O)N3CCC[C@H]3CO)O[C@]3(C(=O)N(Cc4ccccc4)c4ccc(N5CCCCCCC5=O)cc43)[C@H]2C)cc1. The van der Waals surface area contributed by atoms with Crippen molar-refractivity contribution in [2.45, 2.75) is 101 Å². The molecule has 0 saturated carbocycles. The van der Waals surface area contributed by atoms with Gasteiger partial charge in [0.2, 0.25) is 11.8 Å². The first-order valence-electron chi connectivity index (χ1n) is 19.1. The standard InChI is InChI=1S/C42H53N3O6Si/c1-29-40(52(3,4)34-20-18-33(50-2)19-21-34)37(26-39(48)44-24-12-15-32(44)28-46)51-42(29)35-25-31(43-23-11-6-5-10-16-38(43)47)17-22-36(35)45(41(42)49)27-30-13-8-7-9-14-30/h7-9,13-14,17-22,25,29,32,37,40,46H,5-6,10-12,15-16,23-24,26-28H2,1-4H3/t29-,32-,37+,40-,42+/m0/s1. The fourth-order valence-corrected chi connectivity index (χ4v) is 13.7. The zero-order valence-corrected chi connectivity index (χ0v) is 32.1. The van der Waals surface area contributed by atoms with Crippen LogP contribution >= 0.6 is 0 Å². The first kappa shape index (κ1) is 36.4. The van der Waals surface area contributed by atoms with Crippen molar-refractivity contribution in [3.63, 3.8) is 0 Å². The summed E-state index contributed by atoms with van der Waals surface area (Å²) in [6, 6.07) is 24.1. The molecule has 0 unspecified atom stereocenters. The molecule has 3 aromatic rings. The molecule has 10 heteroatoms. The Kier molecular flexibility index (Phi) is 10.3. The fraction of sp³-hybridized carbons (Fsp3) is 0.500. The van der Waals surface area contributed by atoms with Gasteiger partial charge in [-0.15, -0.1) is 0 Å². The van der Waals surface area contributed by atoms with E-state index in [9.17, 15) is 14.7 Å². The minimum absolute atomic E-state index is 0.0397. The first-order chi connectivity index (χ1) is 25.1. The van der Waals surface area contributed by atoms with Gasteiger partial charge in [0.05, 0.1) is 52.6 Å². The number of hydrogen-bond acceptors (Lipinski definition) is 6. The third-order valence-electron chi connectivity index (χ3n) is 12.4. The van der Waals surface area contributed by atoms with Crippen LogP contribution in [0.15, 0.2) is 72.8 Å². The van der Waals surface area contributed by atoms with Crippen molar-refractivity contribution < 1.29 is 29.0 Å². The predicted octanol–water partition coefficient (Wildman–Crippen LogP) is 6.13. The van der Waals surface area contributed by atoms with Gasteiger partial charge in [0, 0.05) is 36.7 Å². The molecule has 0 aromatic heterocycles. The monoisotopic (exact) mass is 723 g/mol. The maximum atomic E-state index is 15.3. The van der Waals surface area contributed by atoms with Crippen molar-refractivity contribution in [3.05, 3.63) is 83.9 Å². The van der Waals surface area contributed by atoms with E-state index in [4.69, 9.17) is 9.47 Å². The Bertz CT molecular complexity index is 1780. The molecule has 0 radical (unpaired) electrons. The van der Waals surface area contributed by atoms with Crippen LogP contribution in [0.3, 0.4) is 0 Å². The molecule has 0 aliphatic carbocycles. The average Bonchev–Trinajstić information content (AvgIpc) is 3.81. The summed E-state index contributed by atoms with van der Waals surface area (Å²) in [5.41, 5.74) is 1.91. The molecule has 1 N–H and O–H groups in total. The molecule has 52 heavy (non-hydrogen) atoms. The number of fused-ring (bicyclic) bond motifs is 2. The molecule has 276 valence electrons. The largest absolute Gasteiger partial charge is 0.497 e. The van der Waals surface area contributed by atoms with Crippen molar-refractivity contribution >= 4 is 42.4 Å². The van der Waals surface area contributed by atoms with Crippen LogP contribution in [-0.4, -0.2) is 74.8 Å². The third-order valence-corrected chi connectivity index (χ3v) is 16.8. The van der Waals surface area contributed by atoms with Crippen LogP contribution in [0, 0.1) is 5.92 Å². The Hall–Kier alpha value is -3.99. The van der Waals surface area contributed by atoms with E-state index in [2.05, 4.69) is 32.2 Å². The van der Waals surface area contributed by atoms with Crippen molar-refractivity contribution in [1.29, 1.82) is 0 Å².